The fraction of sp³-hybridized carbons (Fsp3) is 0.467. The number of nitrogens with zero attached hydrogens (tertiary/aromatic N) is 2. The van der Waals surface area contributed by atoms with E-state index in [0.29, 0.717) is 6.54 Å². The molecule has 3 N–H and O–H groups in total. The molecule has 0 aromatic heterocycles. The summed E-state index contributed by atoms with van der Waals surface area (Å²) in [5.41, 5.74) is 1.11. The van der Waals surface area contributed by atoms with Crippen LogP contribution in [0.3, 0.4) is 0 Å². The maximum absolute atomic E-state index is 11.9. The lowest BCUT2D eigenvalue weighted by Gasteiger charge is -2.38. The Morgan fingerprint density at radius 1 is 1.52 bits per heavy atom. The highest BCUT2D eigenvalue weighted by Crippen LogP contribution is 2.21. The van der Waals surface area contributed by atoms with Crippen molar-refractivity contribution >= 4 is 12.2 Å². The molecule has 0 aromatic carbocycles. The van der Waals surface area contributed by atoms with Crippen molar-refractivity contribution in [3.8, 4) is 0 Å². The number of rotatable bonds is 3. The molecule has 112 valence electrons. The summed E-state index contributed by atoms with van der Waals surface area (Å²) < 4.78 is 0. The summed E-state index contributed by atoms with van der Waals surface area (Å²) in [7, 11) is 0. The molecule has 3 aliphatic heterocycles. The zero-order valence-corrected chi connectivity index (χ0v) is 12.2. The molecule has 21 heavy (non-hydrogen) atoms. The van der Waals surface area contributed by atoms with Gasteiger partial charge in [-0.25, -0.2) is 4.99 Å². The maximum Gasteiger partial charge on any atom is 0.246 e. The fourth-order valence-corrected chi connectivity index (χ4v) is 2.99. The average molecular weight is 287 g/mol. The van der Waals surface area contributed by atoms with E-state index in [2.05, 4.69) is 34.4 Å². The van der Waals surface area contributed by atoms with E-state index in [0.717, 1.165) is 24.2 Å². The number of hydrogen-bond donors (Lipinski definition) is 3. The van der Waals surface area contributed by atoms with Crippen molar-refractivity contribution in [1.29, 1.82) is 0 Å². The van der Waals surface area contributed by atoms with E-state index < -0.39 is 0 Å². The van der Waals surface area contributed by atoms with Crippen LogP contribution < -0.4 is 16.0 Å². The second-order valence-electron chi connectivity index (χ2n) is 5.62. The molecule has 0 aromatic rings. The Labute approximate surface area is 124 Å². The summed E-state index contributed by atoms with van der Waals surface area (Å²) in [5.74, 6) is 0.881. The summed E-state index contributed by atoms with van der Waals surface area (Å²) in [6, 6.07) is 0.487. The molecule has 0 spiro atoms. The molecule has 3 heterocycles. The summed E-state index contributed by atoms with van der Waals surface area (Å²) in [6.07, 6.45) is 9.15. The molecule has 3 aliphatic rings. The lowest BCUT2D eigenvalue weighted by atomic mass is 9.99. The van der Waals surface area contributed by atoms with Crippen molar-refractivity contribution in [3.05, 3.63) is 36.3 Å². The van der Waals surface area contributed by atoms with Crippen LogP contribution in [-0.2, 0) is 4.79 Å². The largest absolute Gasteiger partial charge is 0.368 e. The Kier molecular flexibility index (Phi) is 3.68. The quantitative estimate of drug-likeness (QED) is 0.658. The van der Waals surface area contributed by atoms with Crippen LogP contribution in [0, 0.1) is 0 Å². The van der Waals surface area contributed by atoms with Crippen LogP contribution in [-0.4, -0.2) is 41.9 Å². The van der Waals surface area contributed by atoms with Crippen molar-refractivity contribution in [1.82, 2.24) is 20.9 Å². The van der Waals surface area contributed by atoms with Gasteiger partial charge in [0.15, 0.2) is 0 Å². The van der Waals surface area contributed by atoms with Crippen molar-refractivity contribution in [3.63, 3.8) is 0 Å². The first-order valence-corrected chi connectivity index (χ1v) is 7.34. The van der Waals surface area contributed by atoms with Gasteiger partial charge in [-0.3, -0.25) is 4.79 Å². The van der Waals surface area contributed by atoms with Crippen molar-refractivity contribution in [2.45, 2.75) is 38.0 Å². The zero-order valence-electron chi connectivity index (χ0n) is 12.2. The van der Waals surface area contributed by atoms with Crippen LogP contribution >= 0.6 is 0 Å². The van der Waals surface area contributed by atoms with Crippen LogP contribution in [0.5, 0.6) is 0 Å². The molecule has 1 fully saturated rings. The second kappa shape index (κ2) is 5.63. The predicted molar refractivity (Wildman–Crippen MR) is 82.2 cm³/mol. The monoisotopic (exact) mass is 287 g/mol. The Bertz CT molecular complexity index is 536. The normalized spacial score (nSPS) is 30.5. The van der Waals surface area contributed by atoms with E-state index in [1.165, 1.54) is 6.08 Å². The van der Waals surface area contributed by atoms with E-state index in [1.807, 2.05) is 17.2 Å². The van der Waals surface area contributed by atoms with Gasteiger partial charge in [0.1, 0.15) is 12.0 Å². The van der Waals surface area contributed by atoms with Crippen LogP contribution in [0.4, 0.5) is 0 Å². The maximum atomic E-state index is 11.9. The molecule has 2 unspecified atom stereocenters. The molecule has 0 aliphatic carbocycles. The van der Waals surface area contributed by atoms with Gasteiger partial charge in [-0.1, -0.05) is 6.58 Å². The number of carbonyl (C=O) groups is 1. The molecule has 0 saturated carbocycles. The Morgan fingerprint density at radius 3 is 3.19 bits per heavy atom. The van der Waals surface area contributed by atoms with Gasteiger partial charge in [0.2, 0.25) is 5.91 Å². The van der Waals surface area contributed by atoms with Crippen LogP contribution in [0.1, 0.15) is 19.8 Å². The topological polar surface area (TPSA) is 68.8 Å². The van der Waals surface area contributed by atoms with E-state index in [9.17, 15) is 4.79 Å². The third-order valence-corrected chi connectivity index (χ3v) is 4.23. The fourth-order valence-electron chi connectivity index (χ4n) is 2.99. The van der Waals surface area contributed by atoms with Crippen molar-refractivity contribution in [2.75, 3.05) is 6.54 Å². The molecule has 0 bridgehead atoms. The first-order valence-electron chi connectivity index (χ1n) is 7.34. The Morgan fingerprint density at radius 2 is 2.38 bits per heavy atom. The van der Waals surface area contributed by atoms with Gasteiger partial charge < -0.3 is 20.9 Å². The number of fused-ring (bicyclic) bond motifs is 1. The Balaban J connectivity index is 1.70. The lowest BCUT2D eigenvalue weighted by Crippen LogP contribution is -2.52. The van der Waals surface area contributed by atoms with Gasteiger partial charge in [-0.15, -0.1) is 0 Å². The van der Waals surface area contributed by atoms with Gasteiger partial charge in [0.05, 0.1) is 6.34 Å². The van der Waals surface area contributed by atoms with Crippen LogP contribution in [0.25, 0.3) is 0 Å². The number of amides is 1. The minimum absolute atomic E-state index is 0.000713. The van der Waals surface area contributed by atoms with Gasteiger partial charge in [0, 0.05) is 24.2 Å². The summed E-state index contributed by atoms with van der Waals surface area (Å²) in [4.78, 5) is 18.2. The standard InChI is InChI=1S/C15H21N5O/c1-3-13(21)20-8-11(5-4-10(20)2)19-15-12-6-7-16-14(12)17-9-18-15/h3,6-7,9-11,14,16,19H,1,4-5,8H2,2H3,(H,17,18)/t10-,11?,14?/m0/s1. The number of nitrogens with one attached hydrogen (secondary N) is 3. The molecular formula is C15H21N5O. The number of aliphatic imine (C=N–C) groups is 1. The lowest BCUT2D eigenvalue weighted by molar-refractivity contribution is -0.129. The minimum atomic E-state index is 0.000713. The van der Waals surface area contributed by atoms with E-state index in [4.69, 9.17) is 0 Å². The molecule has 6 heteroatoms. The van der Waals surface area contributed by atoms with Gasteiger partial charge in [-0.05, 0) is 38.1 Å². The third-order valence-electron chi connectivity index (χ3n) is 4.23. The molecule has 6 nitrogen and oxygen atoms in total. The SMILES string of the molecule is C=CC(=O)N1CC(NC2=C3C=CNC3NC=N2)CC[C@@H]1C. The van der Waals surface area contributed by atoms with E-state index in [1.54, 1.807) is 6.34 Å². The minimum Gasteiger partial charge on any atom is -0.368 e. The van der Waals surface area contributed by atoms with E-state index in [-0.39, 0.29) is 24.2 Å². The predicted octanol–water partition coefficient (Wildman–Crippen LogP) is 0.428. The summed E-state index contributed by atoms with van der Waals surface area (Å²) >= 11 is 0. The van der Waals surface area contributed by atoms with Crippen molar-refractivity contribution in [2.24, 2.45) is 4.99 Å². The van der Waals surface area contributed by atoms with Crippen LogP contribution in [0.2, 0.25) is 0 Å². The van der Waals surface area contributed by atoms with Gasteiger partial charge in [0.25, 0.3) is 0 Å². The molecular weight excluding hydrogens is 266 g/mol. The highest BCUT2D eigenvalue weighted by atomic mass is 16.2. The first-order chi connectivity index (χ1) is 10.2. The molecule has 3 atom stereocenters. The van der Waals surface area contributed by atoms with Crippen LogP contribution in [0.15, 0.2) is 41.3 Å². The molecule has 1 amide bonds. The number of piperidine rings is 1. The smallest absolute Gasteiger partial charge is 0.246 e. The number of carbonyl (C=O) groups excluding carboxylic acids is 1. The summed E-state index contributed by atoms with van der Waals surface area (Å²) in [5, 5.41) is 9.84. The molecule has 3 rings (SSSR count). The number of likely N-dealkylation sites (tertiary alicyclic amines) is 1. The van der Waals surface area contributed by atoms with E-state index >= 15 is 0 Å². The highest BCUT2D eigenvalue weighted by Gasteiger charge is 2.29. The van der Waals surface area contributed by atoms with Gasteiger partial charge >= 0.3 is 0 Å². The average Bonchev–Trinajstić information content (AvgIpc) is 2.98. The first kappa shape index (κ1) is 13.7. The number of hydrogen-bond acceptors (Lipinski definition) is 5. The van der Waals surface area contributed by atoms with Gasteiger partial charge in [-0.2, -0.15) is 0 Å². The molecule has 0 radical (unpaired) electrons. The van der Waals surface area contributed by atoms with Crippen molar-refractivity contribution < 1.29 is 4.79 Å². The third kappa shape index (κ3) is 2.66. The summed E-state index contributed by atoms with van der Waals surface area (Å²) in [6.45, 7) is 6.36. The highest BCUT2D eigenvalue weighted by molar-refractivity contribution is 5.87. The second-order valence-corrected chi connectivity index (χ2v) is 5.62. The Hall–Kier alpha value is -2.24. The molecule has 1 saturated heterocycles. The zero-order chi connectivity index (χ0) is 14.8.